The van der Waals surface area contributed by atoms with E-state index in [-0.39, 0.29) is 5.63 Å². The van der Waals surface area contributed by atoms with Crippen LogP contribution in [0.3, 0.4) is 0 Å². The number of benzene rings is 2. The Hall–Kier alpha value is -2.30. The van der Waals surface area contributed by atoms with Gasteiger partial charge in [-0.3, -0.25) is 4.90 Å². The highest BCUT2D eigenvalue weighted by molar-refractivity contribution is 6.31. The van der Waals surface area contributed by atoms with Crippen LogP contribution in [0, 0.1) is 6.92 Å². The molecule has 0 spiro atoms. The van der Waals surface area contributed by atoms with Crippen molar-refractivity contribution in [2.24, 2.45) is 0 Å². The van der Waals surface area contributed by atoms with Gasteiger partial charge in [-0.2, -0.15) is 0 Å². The number of rotatable bonds is 2. The maximum atomic E-state index is 12.3. The van der Waals surface area contributed by atoms with Gasteiger partial charge in [-0.05, 0) is 43.9 Å². The van der Waals surface area contributed by atoms with Crippen molar-refractivity contribution in [1.82, 2.24) is 0 Å². The SMILES string of the molecule is Cc1c2c(cc3c4c(c(=O)oc13)CCC4)C[NH+](Cc1ccccc1Cl)CO2. The zero-order valence-corrected chi connectivity index (χ0v) is 16.0. The van der Waals surface area contributed by atoms with E-state index < -0.39 is 0 Å². The topological polar surface area (TPSA) is 43.9 Å². The van der Waals surface area contributed by atoms with Gasteiger partial charge in [-0.15, -0.1) is 0 Å². The zero-order valence-electron chi connectivity index (χ0n) is 15.2. The second kappa shape index (κ2) is 6.39. The highest BCUT2D eigenvalue weighted by Crippen LogP contribution is 2.36. The smallest absolute Gasteiger partial charge is 0.339 e. The lowest BCUT2D eigenvalue weighted by molar-refractivity contribution is -0.945. The fourth-order valence-electron chi connectivity index (χ4n) is 4.48. The molecular weight excluding hydrogens is 362 g/mol. The summed E-state index contributed by atoms with van der Waals surface area (Å²) in [5.74, 6) is 0.867. The van der Waals surface area contributed by atoms with Crippen LogP contribution in [0.15, 0.2) is 39.5 Å². The minimum atomic E-state index is -0.181. The molecule has 2 aliphatic rings. The summed E-state index contributed by atoms with van der Waals surface area (Å²) >= 11 is 6.33. The summed E-state index contributed by atoms with van der Waals surface area (Å²) in [6.45, 7) is 4.24. The molecule has 4 nitrogen and oxygen atoms in total. The summed E-state index contributed by atoms with van der Waals surface area (Å²) < 4.78 is 11.8. The molecule has 0 radical (unpaired) electrons. The van der Waals surface area contributed by atoms with Gasteiger partial charge < -0.3 is 9.15 Å². The van der Waals surface area contributed by atoms with E-state index in [1.165, 1.54) is 16.0 Å². The van der Waals surface area contributed by atoms with Gasteiger partial charge in [0.25, 0.3) is 0 Å². The van der Waals surface area contributed by atoms with E-state index in [0.29, 0.717) is 12.3 Å². The number of quaternary nitrogens is 1. The average Bonchev–Trinajstić information content (AvgIpc) is 3.16. The second-order valence-electron chi connectivity index (χ2n) is 7.55. The third kappa shape index (κ3) is 2.75. The van der Waals surface area contributed by atoms with Gasteiger partial charge in [0.15, 0.2) is 0 Å². The van der Waals surface area contributed by atoms with Crippen molar-refractivity contribution in [3.05, 3.63) is 73.6 Å². The van der Waals surface area contributed by atoms with Crippen molar-refractivity contribution >= 4 is 22.6 Å². The van der Waals surface area contributed by atoms with Crippen LogP contribution in [0.25, 0.3) is 11.0 Å². The Morgan fingerprint density at radius 2 is 2.00 bits per heavy atom. The maximum absolute atomic E-state index is 12.3. The molecule has 1 aliphatic heterocycles. The number of aryl methyl sites for hydroxylation is 2. The van der Waals surface area contributed by atoms with Crippen LogP contribution in [0.2, 0.25) is 5.02 Å². The standard InChI is InChI=1S/C22H20ClNO3/c1-13-20-15(9-18-16-6-4-7-17(16)22(25)27-21(13)18)11-24(12-26-20)10-14-5-2-3-8-19(14)23/h2-3,5,8-9H,4,6-7,10-12H2,1H3/p+1. The summed E-state index contributed by atoms with van der Waals surface area (Å²) in [5, 5.41) is 1.88. The first-order chi connectivity index (χ1) is 13.1. The van der Waals surface area contributed by atoms with Crippen LogP contribution in [-0.2, 0) is 25.9 Å². The molecule has 2 heterocycles. The number of nitrogens with one attached hydrogen (secondary N) is 1. The Kier molecular flexibility index (Phi) is 3.99. The van der Waals surface area contributed by atoms with Gasteiger partial charge in [0.2, 0.25) is 6.73 Å². The van der Waals surface area contributed by atoms with Gasteiger partial charge in [0.1, 0.15) is 24.4 Å². The summed E-state index contributed by atoms with van der Waals surface area (Å²) in [7, 11) is 0. The number of ether oxygens (including phenoxy) is 1. The molecule has 3 aromatic rings. The Bertz CT molecular complexity index is 1120. The van der Waals surface area contributed by atoms with Crippen molar-refractivity contribution in [3.63, 3.8) is 0 Å². The van der Waals surface area contributed by atoms with Crippen molar-refractivity contribution < 1.29 is 14.1 Å². The van der Waals surface area contributed by atoms with Gasteiger partial charge in [0.05, 0.1) is 0 Å². The van der Waals surface area contributed by atoms with E-state index in [1.54, 1.807) is 0 Å². The number of fused-ring (bicyclic) bond motifs is 4. The first-order valence-electron chi connectivity index (χ1n) is 9.42. The molecule has 27 heavy (non-hydrogen) atoms. The molecule has 2 aromatic carbocycles. The summed E-state index contributed by atoms with van der Waals surface area (Å²) in [5.41, 5.74) is 5.78. The van der Waals surface area contributed by atoms with Crippen molar-refractivity contribution in [2.45, 2.75) is 39.3 Å². The van der Waals surface area contributed by atoms with Gasteiger partial charge in [0, 0.05) is 32.7 Å². The molecule has 1 aromatic heterocycles. The maximum Gasteiger partial charge on any atom is 0.339 e. The lowest BCUT2D eigenvalue weighted by atomic mass is 9.99. The first kappa shape index (κ1) is 16.8. The van der Waals surface area contributed by atoms with E-state index >= 15 is 0 Å². The normalized spacial score (nSPS) is 18.2. The fraction of sp³-hybridized carbons (Fsp3) is 0.318. The summed E-state index contributed by atoms with van der Waals surface area (Å²) in [6, 6.07) is 10.1. The van der Waals surface area contributed by atoms with E-state index in [2.05, 4.69) is 12.1 Å². The van der Waals surface area contributed by atoms with Crippen molar-refractivity contribution in [1.29, 1.82) is 0 Å². The van der Waals surface area contributed by atoms with E-state index in [9.17, 15) is 4.79 Å². The molecular formula is C22H21ClNO3+. The predicted molar refractivity (Wildman–Crippen MR) is 105 cm³/mol. The van der Waals surface area contributed by atoms with Crippen LogP contribution in [-0.4, -0.2) is 6.73 Å². The quantitative estimate of drug-likeness (QED) is 0.692. The summed E-state index contributed by atoms with van der Waals surface area (Å²) in [4.78, 5) is 13.6. The molecule has 0 saturated carbocycles. The minimum absolute atomic E-state index is 0.181. The Balaban J connectivity index is 1.56. The Morgan fingerprint density at radius 1 is 1.19 bits per heavy atom. The van der Waals surface area contributed by atoms with Gasteiger partial charge in [-0.1, -0.05) is 29.8 Å². The molecule has 0 fully saturated rings. The molecule has 5 rings (SSSR count). The Labute approximate surface area is 162 Å². The Morgan fingerprint density at radius 3 is 2.85 bits per heavy atom. The minimum Gasteiger partial charge on any atom is -0.444 e. The molecule has 0 saturated heterocycles. The van der Waals surface area contributed by atoms with Crippen LogP contribution < -0.4 is 15.3 Å². The third-order valence-electron chi connectivity index (χ3n) is 5.78. The van der Waals surface area contributed by atoms with E-state index in [0.717, 1.165) is 65.2 Å². The lowest BCUT2D eigenvalue weighted by Crippen LogP contribution is -3.10. The molecule has 1 atom stereocenters. The van der Waals surface area contributed by atoms with E-state index in [4.69, 9.17) is 20.8 Å². The van der Waals surface area contributed by atoms with Crippen LogP contribution in [0.1, 0.15) is 34.2 Å². The monoisotopic (exact) mass is 382 g/mol. The number of hydrogen-bond acceptors (Lipinski definition) is 3. The molecule has 1 aliphatic carbocycles. The third-order valence-corrected chi connectivity index (χ3v) is 6.15. The highest BCUT2D eigenvalue weighted by atomic mass is 35.5. The van der Waals surface area contributed by atoms with E-state index in [1.807, 2.05) is 25.1 Å². The largest absolute Gasteiger partial charge is 0.444 e. The molecule has 0 bridgehead atoms. The lowest BCUT2D eigenvalue weighted by Gasteiger charge is -2.28. The van der Waals surface area contributed by atoms with Gasteiger partial charge in [-0.25, -0.2) is 4.79 Å². The highest BCUT2D eigenvalue weighted by Gasteiger charge is 2.28. The first-order valence-corrected chi connectivity index (χ1v) is 9.80. The predicted octanol–water partition coefficient (Wildman–Crippen LogP) is 3.18. The molecule has 5 heteroatoms. The van der Waals surface area contributed by atoms with Crippen molar-refractivity contribution in [2.75, 3.05) is 6.73 Å². The van der Waals surface area contributed by atoms with Gasteiger partial charge >= 0.3 is 5.63 Å². The molecule has 1 unspecified atom stereocenters. The van der Waals surface area contributed by atoms with Crippen LogP contribution in [0.4, 0.5) is 0 Å². The van der Waals surface area contributed by atoms with Crippen LogP contribution in [0.5, 0.6) is 5.75 Å². The summed E-state index contributed by atoms with van der Waals surface area (Å²) in [6.07, 6.45) is 2.80. The average molecular weight is 383 g/mol. The molecule has 138 valence electrons. The number of halogens is 1. The zero-order chi connectivity index (χ0) is 18.5. The second-order valence-corrected chi connectivity index (χ2v) is 7.96. The fourth-order valence-corrected chi connectivity index (χ4v) is 4.68. The van der Waals surface area contributed by atoms with Crippen molar-refractivity contribution in [3.8, 4) is 5.75 Å². The van der Waals surface area contributed by atoms with Crippen LogP contribution >= 0.6 is 11.6 Å². The molecule has 0 amide bonds. The number of hydrogen-bond donors (Lipinski definition) is 1. The molecule has 1 N–H and O–H groups in total.